The predicted octanol–water partition coefficient (Wildman–Crippen LogP) is 2.73. The molecule has 0 saturated carbocycles. The van der Waals surface area contributed by atoms with Crippen molar-refractivity contribution in [2.45, 2.75) is 30.7 Å². The molecule has 8 heteroatoms. The van der Waals surface area contributed by atoms with Crippen molar-refractivity contribution in [2.24, 2.45) is 5.92 Å². The van der Waals surface area contributed by atoms with E-state index in [-0.39, 0.29) is 16.8 Å². The molecule has 158 valence electrons. The number of sulfonamides is 1. The largest absolute Gasteiger partial charge is 0.468 e. The Bertz CT molecular complexity index is 900. The quantitative estimate of drug-likeness (QED) is 0.746. The van der Waals surface area contributed by atoms with Gasteiger partial charge in [-0.1, -0.05) is 6.92 Å². The van der Waals surface area contributed by atoms with Crippen molar-refractivity contribution >= 4 is 15.9 Å². The van der Waals surface area contributed by atoms with Gasteiger partial charge in [-0.3, -0.25) is 9.69 Å². The molecular weight excluding hydrogens is 390 g/mol. The Kier molecular flexibility index (Phi) is 6.77. The first-order valence-corrected chi connectivity index (χ1v) is 11.3. The topological polar surface area (TPSA) is 82.9 Å². The summed E-state index contributed by atoms with van der Waals surface area (Å²) in [6.45, 7) is 3.62. The molecule has 1 aliphatic heterocycles. The first kappa shape index (κ1) is 21.5. The number of nitrogens with one attached hydrogen (secondary N) is 1. The maximum absolute atomic E-state index is 12.8. The van der Waals surface area contributed by atoms with Gasteiger partial charge in [0.05, 0.1) is 17.2 Å². The summed E-state index contributed by atoms with van der Waals surface area (Å²) >= 11 is 0. The van der Waals surface area contributed by atoms with Gasteiger partial charge in [-0.2, -0.15) is 4.31 Å². The standard InChI is InChI=1S/C21H29N3O4S/c1-16-10-12-24(13-11-16)29(26,27)18-8-6-17(7-9-18)21(25)22-15-19(23(2)3)20-5-4-14-28-20/h4-9,14,16,19H,10-13,15H2,1-3H3,(H,22,25)/t19-/m1/s1. The summed E-state index contributed by atoms with van der Waals surface area (Å²) in [5, 5.41) is 2.89. The monoisotopic (exact) mass is 419 g/mol. The molecule has 1 N–H and O–H groups in total. The summed E-state index contributed by atoms with van der Waals surface area (Å²) in [5.41, 5.74) is 0.424. The number of hydrogen-bond acceptors (Lipinski definition) is 5. The Morgan fingerprint density at radius 1 is 1.21 bits per heavy atom. The Morgan fingerprint density at radius 3 is 2.41 bits per heavy atom. The van der Waals surface area contributed by atoms with Crippen molar-refractivity contribution in [3.63, 3.8) is 0 Å². The predicted molar refractivity (Wildman–Crippen MR) is 111 cm³/mol. The van der Waals surface area contributed by atoms with Crippen LogP contribution < -0.4 is 5.32 Å². The Balaban J connectivity index is 1.64. The van der Waals surface area contributed by atoms with Gasteiger partial charge < -0.3 is 9.73 Å². The van der Waals surface area contributed by atoms with Crippen LogP contribution in [0.25, 0.3) is 0 Å². The fourth-order valence-corrected chi connectivity index (χ4v) is 4.93. The van der Waals surface area contributed by atoms with Crippen LogP contribution in [-0.4, -0.2) is 57.3 Å². The van der Waals surface area contributed by atoms with Crippen molar-refractivity contribution in [2.75, 3.05) is 33.7 Å². The van der Waals surface area contributed by atoms with Crippen LogP contribution in [0.1, 0.15) is 41.9 Å². The molecule has 0 unspecified atom stereocenters. The molecule has 1 amide bonds. The lowest BCUT2D eigenvalue weighted by molar-refractivity contribution is 0.0939. The highest BCUT2D eigenvalue weighted by Gasteiger charge is 2.28. The molecule has 1 aromatic carbocycles. The van der Waals surface area contributed by atoms with E-state index in [9.17, 15) is 13.2 Å². The average molecular weight is 420 g/mol. The van der Waals surface area contributed by atoms with E-state index in [4.69, 9.17) is 4.42 Å². The number of likely N-dealkylation sites (N-methyl/N-ethyl adjacent to an activating group) is 1. The molecule has 1 aromatic heterocycles. The number of rotatable bonds is 7. The highest BCUT2D eigenvalue weighted by Crippen LogP contribution is 2.24. The molecular formula is C21H29N3O4S. The highest BCUT2D eigenvalue weighted by molar-refractivity contribution is 7.89. The van der Waals surface area contributed by atoms with Crippen molar-refractivity contribution in [3.8, 4) is 0 Å². The molecule has 29 heavy (non-hydrogen) atoms. The second kappa shape index (κ2) is 9.11. The molecule has 0 spiro atoms. The Hall–Kier alpha value is -2.16. The number of amides is 1. The third kappa shape index (κ3) is 5.07. The van der Waals surface area contributed by atoms with E-state index in [1.807, 2.05) is 31.1 Å². The second-order valence-corrected chi connectivity index (χ2v) is 9.75. The number of benzene rings is 1. The third-order valence-corrected chi connectivity index (χ3v) is 7.36. The maximum Gasteiger partial charge on any atom is 0.251 e. The minimum atomic E-state index is -3.51. The van der Waals surface area contributed by atoms with Crippen LogP contribution in [0.15, 0.2) is 52.0 Å². The molecule has 1 aliphatic rings. The zero-order valence-corrected chi connectivity index (χ0v) is 18.0. The van der Waals surface area contributed by atoms with Crippen LogP contribution in [0.3, 0.4) is 0 Å². The first-order chi connectivity index (χ1) is 13.8. The normalized spacial score (nSPS) is 17.4. The second-order valence-electron chi connectivity index (χ2n) is 7.82. The van der Waals surface area contributed by atoms with Crippen LogP contribution in [0, 0.1) is 5.92 Å². The van der Waals surface area contributed by atoms with Crippen LogP contribution >= 0.6 is 0 Å². The van der Waals surface area contributed by atoms with Crippen molar-refractivity contribution in [1.29, 1.82) is 0 Å². The summed E-state index contributed by atoms with van der Waals surface area (Å²) in [4.78, 5) is 14.7. The molecule has 2 heterocycles. The number of carbonyl (C=O) groups excluding carboxylic acids is 1. The molecule has 0 bridgehead atoms. The van der Waals surface area contributed by atoms with Gasteiger partial charge in [0.15, 0.2) is 0 Å². The van der Waals surface area contributed by atoms with Gasteiger partial charge >= 0.3 is 0 Å². The van der Waals surface area contributed by atoms with Crippen molar-refractivity contribution in [3.05, 3.63) is 54.0 Å². The average Bonchev–Trinajstić information content (AvgIpc) is 3.22. The number of carbonyl (C=O) groups is 1. The number of furan rings is 1. The summed E-state index contributed by atoms with van der Waals surface area (Å²) < 4.78 is 32.6. The number of nitrogens with zero attached hydrogens (tertiary/aromatic N) is 2. The van der Waals surface area contributed by atoms with Crippen molar-refractivity contribution < 1.29 is 17.6 Å². The number of hydrogen-bond donors (Lipinski definition) is 1. The van der Waals surface area contributed by atoms with Gasteiger partial charge in [-0.05, 0) is 69.3 Å². The van der Waals surface area contributed by atoms with E-state index in [0.29, 0.717) is 31.1 Å². The lowest BCUT2D eigenvalue weighted by atomic mass is 10.0. The van der Waals surface area contributed by atoms with Crippen LogP contribution in [-0.2, 0) is 10.0 Å². The zero-order chi connectivity index (χ0) is 21.0. The van der Waals surface area contributed by atoms with E-state index in [1.165, 1.54) is 16.4 Å². The summed E-state index contributed by atoms with van der Waals surface area (Å²) in [6.07, 6.45) is 3.36. The fourth-order valence-electron chi connectivity index (χ4n) is 3.46. The third-order valence-electron chi connectivity index (χ3n) is 5.45. The van der Waals surface area contributed by atoms with Crippen LogP contribution in [0.4, 0.5) is 0 Å². The highest BCUT2D eigenvalue weighted by atomic mass is 32.2. The Morgan fingerprint density at radius 2 is 1.86 bits per heavy atom. The SMILES string of the molecule is CC1CCN(S(=O)(=O)c2ccc(C(=O)NC[C@H](c3ccco3)N(C)C)cc2)CC1. The van der Waals surface area contributed by atoms with E-state index in [0.717, 1.165) is 18.6 Å². The zero-order valence-electron chi connectivity index (χ0n) is 17.2. The van der Waals surface area contributed by atoms with E-state index in [1.54, 1.807) is 18.4 Å². The molecule has 3 rings (SSSR count). The van der Waals surface area contributed by atoms with Gasteiger partial charge in [0, 0.05) is 25.2 Å². The first-order valence-electron chi connectivity index (χ1n) is 9.87. The van der Waals surface area contributed by atoms with Gasteiger partial charge in [0.25, 0.3) is 5.91 Å². The molecule has 1 atom stereocenters. The van der Waals surface area contributed by atoms with Crippen LogP contribution in [0.5, 0.6) is 0 Å². The van der Waals surface area contributed by atoms with E-state index < -0.39 is 10.0 Å². The molecule has 1 saturated heterocycles. The van der Waals surface area contributed by atoms with E-state index in [2.05, 4.69) is 12.2 Å². The maximum atomic E-state index is 12.8. The molecule has 0 radical (unpaired) electrons. The summed E-state index contributed by atoms with van der Waals surface area (Å²) in [5.74, 6) is 1.08. The molecule has 7 nitrogen and oxygen atoms in total. The molecule has 0 aliphatic carbocycles. The van der Waals surface area contributed by atoms with Gasteiger partial charge in [0.2, 0.25) is 10.0 Å². The smallest absolute Gasteiger partial charge is 0.251 e. The fraction of sp³-hybridized carbons (Fsp3) is 0.476. The molecule has 1 fully saturated rings. The number of piperidine rings is 1. The summed E-state index contributed by atoms with van der Waals surface area (Å²) in [6, 6.07) is 9.75. The van der Waals surface area contributed by atoms with Crippen LogP contribution in [0.2, 0.25) is 0 Å². The Labute approximate surface area is 172 Å². The lowest BCUT2D eigenvalue weighted by Crippen LogP contribution is -2.37. The lowest BCUT2D eigenvalue weighted by Gasteiger charge is -2.29. The minimum absolute atomic E-state index is 0.0879. The summed E-state index contributed by atoms with van der Waals surface area (Å²) in [7, 11) is 0.322. The van der Waals surface area contributed by atoms with Gasteiger partial charge in [0.1, 0.15) is 5.76 Å². The van der Waals surface area contributed by atoms with E-state index >= 15 is 0 Å². The van der Waals surface area contributed by atoms with Gasteiger partial charge in [-0.15, -0.1) is 0 Å². The molecule has 2 aromatic rings. The van der Waals surface area contributed by atoms with Gasteiger partial charge in [-0.25, -0.2) is 8.42 Å². The van der Waals surface area contributed by atoms with Crippen molar-refractivity contribution in [1.82, 2.24) is 14.5 Å². The minimum Gasteiger partial charge on any atom is -0.468 e.